The molecule has 0 spiro atoms. The van der Waals surface area contributed by atoms with Crippen LogP contribution in [0.1, 0.15) is 6.42 Å². The van der Waals surface area contributed by atoms with Gasteiger partial charge in [0.25, 0.3) is 10.0 Å². The lowest BCUT2D eigenvalue weighted by Crippen LogP contribution is -2.19. The molecule has 1 aromatic carbocycles. The lowest BCUT2D eigenvalue weighted by molar-refractivity contribution is -0.137. The predicted molar refractivity (Wildman–Crippen MR) is 56.3 cm³/mol. The molecule has 3 N–H and O–H groups in total. The Morgan fingerprint density at radius 2 is 1.88 bits per heavy atom. The molecule has 0 radical (unpaired) electrons. The molecule has 0 heterocycles. The van der Waals surface area contributed by atoms with Gasteiger partial charge in [-0.1, -0.05) is 4.89 Å². The second-order valence-corrected chi connectivity index (χ2v) is 4.72. The van der Waals surface area contributed by atoms with Crippen LogP contribution in [-0.4, -0.2) is 31.3 Å². The van der Waals surface area contributed by atoms with E-state index in [1.165, 1.54) is 29.2 Å². The smallest absolute Gasteiger partial charge is 0.306 e. The van der Waals surface area contributed by atoms with Gasteiger partial charge in [-0.15, -0.1) is 0 Å². The third-order valence-corrected chi connectivity index (χ3v) is 2.97. The molecule has 1 rings (SSSR count). The second-order valence-electron chi connectivity index (χ2n) is 3.06. The van der Waals surface area contributed by atoms with Crippen molar-refractivity contribution < 1.29 is 28.3 Å². The first-order valence-electron chi connectivity index (χ1n) is 4.56. The van der Waals surface area contributed by atoms with Crippen LogP contribution in [-0.2, 0) is 14.8 Å². The van der Waals surface area contributed by atoms with Crippen LogP contribution in [0.4, 0.5) is 0 Å². The number of ether oxygens (including phenoxy) is 1. The number of carboxylic acids is 1. The normalized spacial score (nSPS) is 11.1. The van der Waals surface area contributed by atoms with Crippen molar-refractivity contribution >= 4 is 16.0 Å². The zero-order valence-electron chi connectivity index (χ0n) is 8.66. The van der Waals surface area contributed by atoms with E-state index in [-0.39, 0.29) is 17.9 Å². The number of rotatable bonds is 6. The average Bonchev–Trinajstić information content (AvgIpc) is 2.29. The molecule has 8 heteroatoms. The van der Waals surface area contributed by atoms with Crippen LogP contribution in [0.15, 0.2) is 29.2 Å². The van der Waals surface area contributed by atoms with E-state index in [2.05, 4.69) is 0 Å². The van der Waals surface area contributed by atoms with E-state index in [0.29, 0.717) is 5.75 Å². The maximum absolute atomic E-state index is 11.1. The Labute approximate surface area is 97.7 Å². The SMILES string of the molecule is O=C(O)CCOc1ccc(S(=O)(=O)NO)cc1. The van der Waals surface area contributed by atoms with E-state index in [4.69, 9.17) is 15.1 Å². The number of aliphatic carboxylic acids is 1. The highest BCUT2D eigenvalue weighted by molar-refractivity contribution is 7.89. The van der Waals surface area contributed by atoms with E-state index in [0.717, 1.165) is 0 Å². The summed E-state index contributed by atoms with van der Waals surface area (Å²) >= 11 is 0. The van der Waals surface area contributed by atoms with Crippen LogP contribution in [0, 0.1) is 0 Å². The molecule has 0 aliphatic rings. The van der Waals surface area contributed by atoms with Crippen LogP contribution in [0.3, 0.4) is 0 Å². The lowest BCUT2D eigenvalue weighted by atomic mass is 10.3. The van der Waals surface area contributed by atoms with E-state index in [9.17, 15) is 13.2 Å². The number of hydrogen-bond acceptors (Lipinski definition) is 5. The zero-order chi connectivity index (χ0) is 12.9. The molecule has 0 aliphatic heterocycles. The molecular formula is C9H11NO6S. The maximum Gasteiger partial charge on any atom is 0.306 e. The molecule has 0 saturated heterocycles. The van der Waals surface area contributed by atoms with Gasteiger partial charge in [-0.2, -0.15) is 0 Å². The standard InChI is InChI=1S/C9H11NO6S/c11-9(12)5-6-16-7-1-3-8(4-2-7)17(14,15)10-13/h1-4,10,13H,5-6H2,(H,11,12). The van der Waals surface area contributed by atoms with Gasteiger partial charge in [-0.05, 0) is 24.3 Å². The van der Waals surface area contributed by atoms with Crippen molar-refractivity contribution in [3.63, 3.8) is 0 Å². The minimum absolute atomic E-state index is 0.000317. The Balaban J connectivity index is 2.66. The Morgan fingerprint density at radius 1 is 1.29 bits per heavy atom. The molecule has 0 aliphatic carbocycles. The van der Waals surface area contributed by atoms with Crippen molar-refractivity contribution in [1.82, 2.24) is 4.89 Å². The molecule has 0 saturated carbocycles. The number of carbonyl (C=O) groups is 1. The van der Waals surface area contributed by atoms with E-state index in [1.807, 2.05) is 0 Å². The molecule has 17 heavy (non-hydrogen) atoms. The quantitative estimate of drug-likeness (QED) is 0.631. The number of benzene rings is 1. The summed E-state index contributed by atoms with van der Waals surface area (Å²) < 4.78 is 27.3. The fourth-order valence-electron chi connectivity index (χ4n) is 1.02. The highest BCUT2D eigenvalue weighted by atomic mass is 32.2. The largest absolute Gasteiger partial charge is 0.493 e. The van der Waals surface area contributed by atoms with Crippen molar-refractivity contribution in [1.29, 1.82) is 0 Å². The Morgan fingerprint density at radius 3 is 2.35 bits per heavy atom. The summed E-state index contributed by atoms with van der Waals surface area (Å²) in [6.07, 6.45) is -0.141. The first kappa shape index (κ1) is 13.4. The molecule has 0 amide bonds. The number of carboxylic acid groups (broad SMARTS) is 1. The topological polar surface area (TPSA) is 113 Å². The summed E-state index contributed by atoms with van der Waals surface area (Å²) in [6.45, 7) is -0.000317. The molecule has 0 atom stereocenters. The molecule has 1 aromatic rings. The fraction of sp³-hybridized carbons (Fsp3) is 0.222. The maximum atomic E-state index is 11.1. The van der Waals surface area contributed by atoms with Crippen LogP contribution < -0.4 is 9.62 Å². The predicted octanol–water partition coefficient (Wildman–Crippen LogP) is 0.208. The Kier molecular flexibility index (Phi) is 4.44. The van der Waals surface area contributed by atoms with Gasteiger partial charge in [0.05, 0.1) is 17.9 Å². The van der Waals surface area contributed by atoms with Crippen LogP contribution >= 0.6 is 0 Å². The number of sulfonamides is 1. The minimum Gasteiger partial charge on any atom is -0.493 e. The van der Waals surface area contributed by atoms with E-state index in [1.54, 1.807) is 0 Å². The second kappa shape index (κ2) is 5.62. The number of hydrogen-bond donors (Lipinski definition) is 3. The average molecular weight is 261 g/mol. The summed E-state index contributed by atoms with van der Waals surface area (Å²) in [5.74, 6) is -0.628. The Bertz CT molecular complexity index is 481. The van der Waals surface area contributed by atoms with E-state index < -0.39 is 16.0 Å². The molecule has 7 nitrogen and oxygen atoms in total. The summed E-state index contributed by atoms with van der Waals surface area (Å²) in [5.41, 5.74) is 0. The monoisotopic (exact) mass is 261 g/mol. The van der Waals surface area contributed by atoms with Crippen molar-refractivity contribution in [3.05, 3.63) is 24.3 Å². The number of nitrogens with one attached hydrogen (secondary N) is 1. The molecule has 0 unspecified atom stereocenters. The van der Waals surface area contributed by atoms with E-state index >= 15 is 0 Å². The van der Waals surface area contributed by atoms with Crippen molar-refractivity contribution in [2.75, 3.05) is 6.61 Å². The van der Waals surface area contributed by atoms with Gasteiger partial charge in [0.1, 0.15) is 5.75 Å². The minimum atomic E-state index is -3.89. The summed E-state index contributed by atoms with van der Waals surface area (Å²) in [7, 11) is -3.89. The summed E-state index contributed by atoms with van der Waals surface area (Å²) in [5, 5.41) is 16.8. The molecule has 94 valence electrons. The highest BCUT2D eigenvalue weighted by Crippen LogP contribution is 2.15. The lowest BCUT2D eigenvalue weighted by Gasteiger charge is -2.05. The van der Waals surface area contributed by atoms with Gasteiger partial charge in [0.2, 0.25) is 0 Å². The Hall–Kier alpha value is -1.64. The van der Waals surface area contributed by atoms with Crippen molar-refractivity contribution in [2.45, 2.75) is 11.3 Å². The third kappa shape index (κ3) is 4.02. The highest BCUT2D eigenvalue weighted by Gasteiger charge is 2.11. The van der Waals surface area contributed by atoms with Gasteiger partial charge >= 0.3 is 5.97 Å². The summed E-state index contributed by atoms with van der Waals surface area (Å²) in [6, 6.07) is 5.20. The fourth-order valence-corrected chi connectivity index (χ4v) is 1.62. The molecular weight excluding hydrogens is 250 g/mol. The first-order chi connectivity index (χ1) is 7.95. The van der Waals surface area contributed by atoms with Gasteiger partial charge in [0, 0.05) is 0 Å². The molecule has 0 bridgehead atoms. The summed E-state index contributed by atoms with van der Waals surface area (Å²) in [4.78, 5) is 11.3. The third-order valence-electron chi connectivity index (χ3n) is 1.84. The van der Waals surface area contributed by atoms with Gasteiger partial charge < -0.3 is 15.1 Å². The van der Waals surface area contributed by atoms with Crippen LogP contribution in [0.25, 0.3) is 0 Å². The van der Waals surface area contributed by atoms with Crippen LogP contribution in [0.5, 0.6) is 5.75 Å². The zero-order valence-corrected chi connectivity index (χ0v) is 9.48. The van der Waals surface area contributed by atoms with Gasteiger partial charge in [-0.3, -0.25) is 4.79 Å². The molecule has 0 aromatic heterocycles. The van der Waals surface area contributed by atoms with Crippen LogP contribution in [0.2, 0.25) is 0 Å². The van der Waals surface area contributed by atoms with Crippen molar-refractivity contribution in [3.8, 4) is 5.75 Å². The van der Waals surface area contributed by atoms with Gasteiger partial charge in [0.15, 0.2) is 0 Å². The first-order valence-corrected chi connectivity index (χ1v) is 6.04. The van der Waals surface area contributed by atoms with Crippen molar-refractivity contribution in [2.24, 2.45) is 0 Å². The molecule has 0 fully saturated rings. The van der Waals surface area contributed by atoms with Gasteiger partial charge in [-0.25, -0.2) is 8.42 Å².